The van der Waals surface area contributed by atoms with Crippen LogP contribution in [0.1, 0.15) is 110 Å². The Bertz CT molecular complexity index is 210. The van der Waals surface area contributed by atoms with E-state index in [0.717, 1.165) is 6.08 Å². The van der Waals surface area contributed by atoms with Crippen LogP contribution in [0.4, 0.5) is 0 Å². The average molecular weight is 313 g/mol. The molecule has 0 saturated carbocycles. The van der Waals surface area contributed by atoms with Crippen LogP contribution in [0.2, 0.25) is 0 Å². The lowest BCUT2D eigenvalue weighted by Gasteiger charge is -2.02. The molecular weight excluding hydrogens is 272 g/mol. The maximum absolute atomic E-state index is 9.25. The third kappa shape index (κ3) is 27.5. The van der Waals surface area contributed by atoms with Gasteiger partial charge in [0.15, 0.2) is 0 Å². The minimum Gasteiger partial charge on any atom is -0.478 e. The van der Waals surface area contributed by atoms with Crippen molar-refractivity contribution in [1.29, 1.82) is 0 Å². The highest BCUT2D eigenvalue weighted by molar-refractivity contribution is 5.78. The van der Waals surface area contributed by atoms with Crippen LogP contribution in [-0.4, -0.2) is 11.1 Å². The largest absolute Gasteiger partial charge is 0.478 e. The van der Waals surface area contributed by atoms with E-state index in [4.69, 9.17) is 5.11 Å². The summed E-state index contributed by atoms with van der Waals surface area (Å²) in [6.45, 7) is 7.54. The van der Waals surface area contributed by atoms with Gasteiger partial charge in [-0.1, -0.05) is 117 Å². The van der Waals surface area contributed by atoms with Gasteiger partial charge in [-0.25, -0.2) is 4.79 Å². The molecule has 0 unspecified atom stereocenters. The van der Waals surface area contributed by atoms with E-state index in [2.05, 4.69) is 20.4 Å². The van der Waals surface area contributed by atoms with Gasteiger partial charge in [0.2, 0.25) is 0 Å². The van der Waals surface area contributed by atoms with Crippen molar-refractivity contribution in [3.05, 3.63) is 12.7 Å². The van der Waals surface area contributed by atoms with Crippen molar-refractivity contribution in [2.45, 2.75) is 110 Å². The van der Waals surface area contributed by atoms with E-state index in [1.807, 2.05) is 0 Å². The molecule has 22 heavy (non-hydrogen) atoms. The molecule has 1 N–H and O–H groups in total. The lowest BCUT2D eigenvalue weighted by atomic mass is 10.0. The lowest BCUT2D eigenvalue weighted by Crippen LogP contribution is -1.82. The summed E-state index contributed by atoms with van der Waals surface area (Å²) in [5.74, 6) is -0.981. The van der Waals surface area contributed by atoms with E-state index in [1.165, 1.54) is 96.3 Å². The molecule has 0 aromatic heterocycles. The van der Waals surface area contributed by atoms with Crippen molar-refractivity contribution in [1.82, 2.24) is 0 Å². The maximum atomic E-state index is 9.25. The molecule has 0 atom stereocenters. The monoisotopic (exact) mass is 312 g/mol. The summed E-state index contributed by atoms with van der Waals surface area (Å²) in [6, 6.07) is 0. The van der Waals surface area contributed by atoms with E-state index in [9.17, 15) is 4.79 Å². The van der Waals surface area contributed by atoms with Gasteiger partial charge in [-0.05, 0) is 0 Å². The molecule has 132 valence electrons. The summed E-state index contributed by atoms with van der Waals surface area (Å²) < 4.78 is 0. The van der Waals surface area contributed by atoms with Gasteiger partial charge in [0, 0.05) is 6.08 Å². The summed E-state index contributed by atoms with van der Waals surface area (Å²) in [6.07, 6.45) is 22.7. The number of carbonyl (C=O) groups is 1. The molecule has 0 radical (unpaired) electrons. The summed E-state index contributed by atoms with van der Waals surface area (Å²) in [5.41, 5.74) is 0. The van der Waals surface area contributed by atoms with Crippen molar-refractivity contribution >= 4 is 5.97 Å². The fourth-order valence-corrected chi connectivity index (χ4v) is 2.44. The number of carboxylic acids is 1. The van der Waals surface area contributed by atoms with Crippen LogP contribution in [0.15, 0.2) is 12.7 Å². The predicted octanol–water partition coefficient (Wildman–Crippen LogP) is 7.13. The molecule has 0 aliphatic heterocycles. The second kappa shape index (κ2) is 22.5. The standard InChI is InChI=1S/C17H36.C3H4O2/c1-3-5-7-9-11-13-15-17-16-14-12-10-8-6-4-2;1-2-3(4)5/h3-17H2,1-2H3;2H,1H2,(H,4,5). The van der Waals surface area contributed by atoms with Gasteiger partial charge in [0.1, 0.15) is 0 Å². The highest BCUT2D eigenvalue weighted by Gasteiger charge is 1.93. The van der Waals surface area contributed by atoms with Crippen LogP contribution in [0.25, 0.3) is 0 Å². The molecule has 0 bridgehead atoms. The highest BCUT2D eigenvalue weighted by atomic mass is 16.4. The van der Waals surface area contributed by atoms with Gasteiger partial charge >= 0.3 is 5.97 Å². The molecule has 2 nitrogen and oxygen atoms in total. The average Bonchev–Trinajstić information content (AvgIpc) is 2.52. The number of rotatable bonds is 15. The minimum atomic E-state index is -0.981. The second-order valence-electron chi connectivity index (χ2n) is 6.14. The van der Waals surface area contributed by atoms with Gasteiger partial charge < -0.3 is 5.11 Å². The third-order valence-electron chi connectivity index (χ3n) is 3.88. The molecule has 0 aliphatic rings. The Kier molecular flexibility index (Phi) is 24.0. The molecule has 0 aliphatic carbocycles. The fourth-order valence-electron chi connectivity index (χ4n) is 2.44. The Morgan fingerprint density at radius 3 is 1.00 bits per heavy atom. The van der Waals surface area contributed by atoms with Gasteiger partial charge in [0.25, 0.3) is 0 Å². The van der Waals surface area contributed by atoms with E-state index >= 15 is 0 Å². The molecule has 0 amide bonds. The molecular formula is C20H40O2. The van der Waals surface area contributed by atoms with Crippen LogP contribution in [0.3, 0.4) is 0 Å². The van der Waals surface area contributed by atoms with Crippen LogP contribution < -0.4 is 0 Å². The zero-order valence-corrected chi connectivity index (χ0v) is 15.2. The first kappa shape index (κ1) is 23.5. The molecule has 0 fully saturated rings. The van der Waals surface area contributed by atoms with Gasteiger partial charge in [-0.2, -0.15) is 0 Å². The number of carboxylic acid groups (broad SMARTS) is 1. The van der Waals surface area contributed by atoms with Crippen molar-refractivity contribution in [2.24, 2.45) is 0 Å². The number of hydrogen-bond donors (Lipinski definition) is 1. The van der Waals surface area contributed by atoms with Gasteiger partial charge in [-0.15, -0.1) is 0 Å². The Hall–Kier alpha value is -0.790. The van der Waals surface area contributed by atoms with Crippen molar-refractivity contribution in [3.63, 3.8) is 0 Å². The Morgan fingerprint density at radius 1 is 0.682 bits per heavy atom. The summed E-state index contributed by atoms with van der Waals surface area (Å²) in [4.78, 5) is 9.25. The highest BCUT2D eigenvalue weighted by Crippen LogP contribution is 2.13. The normalized spacial score (nSPS) is 9.91. The minimum absolute atomic E-state index is 0.833. The molecule has 0 aromatic rings. The zero-order chi connectivity index (χ0) is 16.9. The number of unbranched alkanes of at least 4 members (excludes halogenated alkanes) is 14. The number of hydrogen-bond acceptors (Lipinski definition) is 1. The van der Waals surface area contributed by atoms with E-state index in [-0.39, 0.29) is 0 Å². The van der Waals surface area contributed by atoms with Gasteiger partial charge in [-0.3, -0.25) is 0 Å². The fraction of sp³-hybridized carbons (Fsp3) is 0.850. The SMILES string of the molecule is C=CC(=O)O.CCCCCCCCCCCCCCCCC. The molecule has 0 saturated heterocycles. The predicted molar refractivity (Wildman–Crippen MR) is 98.4 cm³/mol. The Labute approximate surface area is 139 Å². The van der Waals surface area contributed by atoms with Gasteiger partial charge in [0.05, 0.1) is 0 Å². The van der Waals surface area contributed by atoms with Crippen LogP contribution in [0.5, 0.6) is 0 Å². The van der Waals surface area contributed by atoms with Crippen molar-refractivity contribution in [2.75, 3.05) is 0 Å². The Morgan fingerprint density at radius 2 is 0.864 bits per heavy atom. The topological polar surface area (TPSA) is 37.3 Å². The van der Waals surface area contributed by atoms with Crippen LogP contribution in [0, 0.1) is 0 Å². The first-order valence-corrected chi connectivity index (χ1v) is 9.54. The van der Waals surface area contributed by atoms with E-state index < -0.39 is 5.97 Å². The first-order chi connectivity index (χ1) is 10.7. The van der Waals surface area contributed by atoms with E-state index in [0.29, 0.717) is 0 Å². The summed E-state index contributed by atoms with van der Waals surface area (Å²) >= 11 is 0. The van der Waals surface area contributed by atoms with Crippen molar-refractivity contribution < 1.29 is 9.90 Å². The zero-order valence-electron chi connectivity index (χ0n) is 15.2. The van der Waals surface area contributed by atoms with Crippen molar-refractivity contribution in [3.8, 4) is 0 Å². The van der Waals surface area contributed by atoms with Crippen LogP contribution in [-0.2, 0) is 4.79 Å². The summed E-state index contributed by atoms with van der Waals surface area (Å²) in [5, 5.41) is 7.60. The number of aliphatic carboxylic acids is 1. The smallest absolute Gasteiger partial charge is 0.327 e. The second-order valence-corrected chi connectivity index (χ2v) is 6.14. The van der Waals surface area contributed by atoms with Crippen LogP contribution >= 0.6 is 0 Å². The quantitative estimate of drug-likeness (QED) is 0.258. The summed E-state index contributed by atoms with van der Waals surface area (Å²) in [7, 11) is 0. The Balaban J connectivity index is 0. The van der Waals surface area contributed by atoms with E-state index in [1.54, 1.807) is 0 Å². The molecule has 0 rings (SSSR count). The molecule has 0 aromatic carbocycles. The molecule has 0 spiro atoms. The lowest BCUT2D eigenvalue weighted by molar-refractivity contribution is -0.131. The first-order valence-electron chi connectivity index (χ1n) is 9.54. The molecule has 0 heterocycles. The third-order valence-corrected chi connectivity index (χ3v) is 3.88. The molecule has 2 heteroatoms. The maximum Gasteiger partial charge on any atom is 0.327 e.